The number of hydrogen-bond donors (Lipinski definition) is 1. The highest BCUT2D eigenvalue weighted by molar-refractivity contribution is 5.97. The second kappa shape index (κ2) is 8.11. The van der Waals surface area contributed by atoms with E-state index >= 15 is 0 Å². The molecule has 0 saturated carbocycles. The maximum atomic E-state index is 12.4. The van der Waals surface area contributed by atoms with Crippen LogP contribution >= 0.6 is 0 Å². The van der Waals surface area contributed by atoms with Crippen LogP contribution < -0.4 is 14.8 Å². The van der Waals surface area contributed by atoms with Gasteiger partial charge in [-0.2, -0.15) is 5.26 Å². The van der Waals surface area contributed by atoms with E-state index in [0.29, 0.717) is 24.1 Å². The van der Waals surface area contributed by atoms with Crippen molar-refractivity contribution in [3.8, 4) is 17.6 Å². The van der Waals surface area contributed by atoms with Crippen molar-refractivity contribution in [1.82, 2.24) is 15.1 Å². The van der Waals surface area contributed by atoms with Gasteiger partial charge in [0.2, 0.25) is 6.79 Å². The monoisotopic (exact) mass is 356 g/mol. The average Bonchev–Trinajstić information content (AvgIpc) is 3.12. The van der Waals surface area contributed by atoms with E-state index in [4.69, 9.17) is 9.47 Å². The van der Waals surface area contributed by atoms with Crippen molar-refractivity contribution in [2.24, 2.45) is 0 Å². The minimum atomic E-state index is -0.370. The van der Waals surface area contributed by atoms with Gasteiger partial charge >= 0.3 is 0 Å². The number of likely N-dealkylation sites (tertiary alicyclic amines) is 1. The number of nitrogens with one attached hydrogen (secondary N) is 1. The smallest absolute Gasteiger partial charge is 0.263 e. The molecular weight excluding hydrogens is 332 g/mol. The molecule has 0 unspecified atom stereocenters. The molecule has 0 aliphatic carbocycles. The molecule has 7 heteroatoms. The van der Waals surface area contributed by atoms with Crippen LogP contribution in [0.5, 0.6) is 11.5 Å². The molecule has 26 heavy (non-hydrogen) atoms. The van der Waals surface area contributed by atoms with Crippen molar-refractivity contribution in [3.05, 3.63) is 35.5 Å². The second-order valence-electron chi connectivity index (χ2n) is 6.72. The van der Waals surface area contributed by atoms with Crippen LogP contribution in [0.2, 0.25) is 0 Å². The molecule has 7 nitrogen and oxygen atoms in total. The van der Waals surface area contributed by atoms with Crippen LogP contribution in [0, 0.1) is 11.3 Å². The van der Waals surface area contributed by atoms with Crippen LogP contribution in [0.1, 0.15) is 18.4 Å². The van der Waals surface area contributed by atoms with Crippen molar-refractivity contribution < 1.29 is 14.3 Å². The Labute approximate surface area is 153 Å². The number of nitrogens with zero attached hydrogens (tertiary/aromatic N) is 3. The first kappa shape index (κ1) is 18.1. The Morgan fingerprint density at radius 3 is 2.85 bits per heavy atom. The SMILES string of the molecule is CN1CCC(N(C)/C=C(/C#N)C(=O)NCc2ccc3c(c2)OCO3)CC1. The van der Waals surface area contributed by atoms with E-state index in [0.717, 1.165) is 31.5 Å². The fraction of sp³-hybridized carbons (Fsp3) is 0.474. The van der Waals surface area contributed by atoms with Crippen LogP contribution in [-0.4, -0.2) is 55.7 Å². The molecule has 2 heterocycles. The zero-order valence-corrected chi connectivity index (χ0v) is 15.2. The van der Waals surface area contributed by atoms with Crippen LogP contribution in [0.4, 0.5) is 0 Å². The molecular formula is C19H24N4O3. The number of nitriles is 1. The van der Waals surface area contributed by atoms with E-state index in [1.807, 2.05) is 36.2 Å². The molecule has 1 aromatic carbocycles. The van der Waals surface area contributed by atoms with Gasteiger partial charge in [0, 0.05) is 25.8 Å². The molecule has 0 bridgehead atoms. The summed E-state index contributed by atoms with van der Waals surface area (Å²) in [5.74, 6) is 1.01. The third kappa shape index (κ3) is 4.27. The molecule has 0 atom stereocenters. The number of ether oxygens (including phenoxy) is 2. The third-order valence-corrected chi connectivity index (χ3v) is 4.85. The highest BCUT2D eigenvalue weighted by Gasteiger charge is 2.20. The van der Waals surface area contributed by atoms with Gasteiger partial charge in [-0.1, -0.05) is 6.07 Å². The Balaban J connectivity index is 1.57. The lowest BCUT2D eigenvalue weighted by atomic mass is 10.0. The Hall–Kier alpha value is -2.72. The Morgan fingerprint density at radius 2 is 2.12 bits per heavy atom. The maximum absolute atomic E-state index is 12.4. The van der Waals surface area contributed by atoms with Crippen molar-refractivity contribution in [2.75, 3.05) is 34.0 Å². The van der Waals surface area contributed by atoms with E-state index in [2.05, 4.69) is 17.3 Å². The first-order valence-corrected chi connectivity index (χ1v) is 8.76. The normalized spacial score (nSPS) is 17.7. The van der Waals surface area contributed by atoms with Crippen molar-refractivity contribution in [2.45, 2.75) is 25.4 Å². The number of hydrogen-bond acceptors (Lipinski definition) is 6. The molecule has 1 amide bonds. The summed E-state index contributed by atoms with van der Waals surface area (Å²) in [6, 6.07) is 7.89. The van der Waals surface area contributed by atoms with Crippen LogP contribution in [0.25, 0.3) is 0 Å². The third-order valence-electron chi connectivity index (χ3n) is 4.85. The van der Waals surface area contributed by atoms with Gasteiger partial charge in [0.25, 0.3) is 5.91 Å². The topological polar surface area (TPSA) is 77.8 Å². The molecule has 2 aliphatic rings. The Bertz CT molecular complexity index is 733. The highest BCUT2D eigenvalue weighted by atomic mass is 16.7. The highest BCUT2D eigenvalue weighted by Crippen LogP contribution is 2.32. The van der Waals surface area contributed by atoms with Gasteiger partial charge in [0.15, 0.2) is 11.5 Å². The van der Waals surface area contributed by atoms with E-state index in [-0.39, 0.29) is 18.3 Å². The predicted molar refractivity (Wildman–Crippen MR) is 96.4 cm³/mol. The molecule has 2 aliphatic heterocycles. The van der Waals surface area contributed by atoms with Crippen molar-refractivity contribution in [1.29, 1.82) is 5.26 Å². The first-order chi connectivity index (χ1) is 12.6. The van der Waals surface area contributed by atoms with Gasteiger partial charge in [-0.15, -0.1) is 0 Å². The van der Waals surface area contributed by atoms with Crippen LogP contribution in [-0.2, 0) is 11.3 Å². The minimum absolute atomic E-state index is 0.118. The first-order valence-electron chi connectivity index (χ1n) is 8.76. The molecule has 0 aromatic heterocycles. The Kier molecular flexibility index (Phi) is 5.64. The van der Waals surface area contributed by atoms with Crippen molar-refractivity contribution in [3.63, 3.8) is 0 Å². The molecule has 1 aromatic rings. The summed E-state index contributed by atoms with van der Waals surface area (Å²) < 4.78 is 10.6. The molecule has 1 fully saturated rings. The molecule has 0 radical (unpaired) electrons. The standard InChI is InChI=1S/C19H24N4O3/c1-22-7-5-16(6-8-22)23(2)12-15(10-20)19(24)21-11-14-3-4-17-18(9-14)26-13-25-17/h3-4,9,12,16H,5-8,11,13H2,1-2H3,(H,21,24)/b15-12-. The van der Waals surface area contributed by atoms with Gasteiger partial charge in [-0.3, -0.25) is 4.79 Å². The van der Waals surface area contributed by atoms with Gasteiger partial charge in [0.1, 0.15) is 11.6 Å². The quantitative estimate of drug-likeness (QED) is 0.636. The summed E-state index contributed by atoms with van der Waals surface area (Å²) in [4.78, 5) is 16.6. The summed E-state index contributed by atoms with van der Waals surface area (Å²) in [5.41, 5.74) is 1.01. The van der Waals surface area contributed by atoms with Crippen molar-refractivity contribution >= 4 is 5.91 Å². The second-order valence-corrected chi connectivity index (χ2v) is 6.72. The van der Waals surface area contributed by atoms with E-state index < -0.39 is 0 Å². The van der Waals surface area contributed by atoms with Gasteiger partial charge in [-0.05, 0) is 50.7 Å². The zero-order valence-electron chi connectivity index (χ0n) is 15.2. The predicted octanol–water partition coefficient (Wildman–Crippen LogP) is 1.46. The van der Waals surface area contributed by atoms with Gasteiger partial charge in [0.05, 0.1) is 0 Å². The lowest BCUT2D eigenvalue weighted by Crippen LogP contribution is -2.40. The van der Waals surface area contributed by atoms with E-state index in [1.165, 1.54) is 0 Å². The molecule has 1 N–H and O–H groups in total. The number of carbonyl (C=O) groups excluding carboxylic acids is 1. The molecule has 138 valence electrons. The number of benzene rings is 1. The maximum Gasteiger partial charge on any atom is 0.263 e. The van der Waals surface area contributed by atoms with Gasteiger partial charge in [-0.25, -0.2) is 0 Å². The average molecular weight is 356 g/mol. The van der Waals surface area contributed by atoms with Crippen LogP contribution in [0.3, 0.4) is 0 Å². The molecule has 0 spiro atoms. The zero-order chi connectivity index (χ0) is 18.5. The number of amides is 1. The van der Waals surface area contributed by atoms with E-state index in [1.54, 1.807) is 6.20 Å². The number of carbonyl (C=O) groups is 1. The summed E-state index contributed by atoms with van der Waals surface area (Å²) in [6.07, 6.45) is 3.72. The van der Waals surface area contributed by atoms with Gasteiger partial charge < -0.3 is 24.6 Å². The number of fused-ring (bicyclic) bond motifs is 1. The summed E-state index contributed by atoms with van der Waals surface area (Å²) in [7, 11) is 4.04. The fourth-order valence-electron chi connectivity index (χ4n) is 3.18. The fourth-order valence-corrected chi connectivity index (χ4v) is 3.18. The summed E-state index contributed by atoms with van der Waals surface area (Å²) in [5, 5.41) is 12.2. The minimum Gasteiger partial charge on any atom is -0.454 e. The summed E-state index contributed by atoms with van der Waals surface area (Å²) in [6.45, 7) is 2.60. The van der Waals surface area contributed by atoms with E-state index in [9.17, 15) is 10.1 Å². The Morgan fingerprint density at radius 1 is 1.38 bits per heavy atom. The summed E-state index contributed by atoms with van der Waals surface area (Å²) >= 11 is 0. The lowest BCUT2D eigenvalue weighted by molar-refractivity contribution is -0.117. The lowest BCUT2D eigenvalue weighted by Gasteiger charge is -2.34. The number of rotatable bonds is 5. The number of piperidine rings is 1. The molecule has 1 saturated heterocycles. The van der Waals surface area contributed by atoms with Crippen LogP contribution in [0.15, 0.2) is 30.0 Å². The molecule has 3 rings (SSSR count). The largest absolute Gasteiger partial charge is 0.454 e.